The highest BCUT2D eigenvalue weighted by Crippen LogP contribution is 2.15. The maximum absolute atomic E-state index is 10.4. The third-order valence-electron chi connectivity index (χ3n) is 2.39. The van der Waals surface area contributed by atoms with E-state index >= 15 is 0 Å². The number of aliphatic hydroxyl groups is 2. The summed E-state index contributed by atoms with van der Waals surface area (Å²) in [5.41, 5.74) is 1.51. The minimum Gasteiger partial charge on any atom is -0.550 e. The van der Waals surface area contributed by atoms with Crippen LogP contribution in [0.5, 0.6) is 0 Å². The minimum absolute atomic E-state index is 0.000791. The second-order valence-electron chi connectivity index (χ2n) is 3.65. The molecule has 0 bridgehead atoms. The maximum Gasteiger partial charge on any atom is 0.0606 e. The summed E-state index contributed by atoms with van der Waals surface area (Å²) in [6.07, 6.45) is -0.111. The maximum atomic E-state index is 10.4. The summed E-state index contributed by atoms with van der Waals surface area (Å²) in [5, 5.41) is 28.2. The normalized spacial score (nSPS) is 10.2. The molecule has 17 heavy (non-hydrogen) atoms. The molecule has 0 radical (unpaired) electrons. The van der Waals surface area contributed by atoms with Gasteiger partial charge in [0.15, 0.2) is 0 Å². The van der Waals surface area contributed by atoms with E-state index in [-0.39, 0.29) is 19.6 Å². The third-order valence-corrected chi connectivity index (χ3v) is 2.39. The summed E-state index contributed by atoms with van der Waals surface area (Å²) in [4.78, 5) is 12.2. The number of hydrogen-bond donors (Lipinski definition) is 2. The Labute approximate surface area is 99.9 Å². The monoisotopic (exact) mass is 238 g/mol. The van der Waals surface area contributed by atoms with Crippen LogP contribution in [0.4, 0.5) is 5.69 Å². The highest BCUT2D eigenvalue weighted by Gasteiger charge is 2.04. The number of anilines is 1. The van der Waals surface area contributed by atoms with Crippen molar-refractivity contribution in [2.45, 2.75) is 6.42 Å². The molecule has 0 heterocycles. The zero-order valence-corrected chi connectivity index (χ0v) is 9.50. The lowest BCUT2D eigenvalue weighted by molar-refractivity contribution is -0.304. The minimum atomic E-state index is -1.11. The SMILES string of the molecule is O=C([O-])Cc1ccc(N(CCO)CCO)cc1. The molecule has 0 fully saturated rings. The van der Waals surface area contributed by atoms with Crippen LogP contribution in [0.15, 0.2) is 24.3 Å². The van der Waals surface area contributed by atoms with Gasteiger partial charge in [-0.2, -0.15) is 0 Å². The van der Waals surface area contributed by atoms with Crippen molar-refractivity contribution < 1.29 is 20.1 Å². The first-order chi connectivity index (χ1) is 8.17. The lowest BCUT2D eigenvalue weighted by Crippen LogP contribution is -2.29. The van der Waals surface area contributed by atoms with E-state index in [0.717, 1.165) is 5.69 Å². The Hall–Kier alpha value is -1.59. The number of nitrogens with zero attached hydrogens (tertiary/aromatic N) is 1. The third kappa shape index (κ3) is 4.42. The van der Waals surface area contributed by atoms with Crippen LogP contribution in [0.2, 0.25) is 0 Å². The average molecular weight is 238 g/mol. The Kier molecular flexibility index (Phi) is 5.45. The fraction of sp³-hybridized carbons (Fsp3) is 0.417. The Morgan fingerprint density at radius 2 is 1.65 bits per heavy atom. The number of aliphatic carboxylic acids is 1. The van der Waals surface area contributed by atoms with Gasteiger partial charge in [0.25, 0.3) is 0 Å². The van der Waals surface area contributed by atoms with Gasteiger partial charge < -0.3 is 25.0 Å². The number of carboxylic acids is 1. The van der Waals surface area contributed by atoms with Crippen molar-refractivity contribution in [2.24, 2.45) is 0 Å². The van der Waals surface area contributed by atoms with Gasteiger partial charge in [0.05, 0.1) is 13.2 Å². The Bertz CT molecular complexity index is 344. The predicted octanol–water partition coefficient (Wildman–Crippen LogP) is -1.23. The molecule has 0 atom stereocenters. The van der Waals surface area contributed by atoms with E-state index in [9.17, 15) is 9.90 Å². The summed E-state index contributed by atoms with van der Waals surface area (Å²) in [5.74, 6) is -1.11. The second kappa shape index (κ2) is 6.88. The molecule has 0 amide bonds. The molecule has 0 aliphatic carbocycles. The molecule has 1 rings (SSSR count). The van der Waals surface area contributed by atoms with Crippen LogP contribution < -0.4 is 10.0 Å². The predicted molar refractivity (Wildman–Crippen MR) is 61.5 cm³/mol. The summed E-state index contributed by atoms with van der Waals surface area (Å²) < 4.78 is 0. The molecule has 2 N–H and O–H groups in total. The Morgan fingerprint density at radius 1 is 1.12 bits per heavy atom. The molecule has 0 spiro atoms. The van der Waals surface area contributed by atoms with Gasteiger partial charge in [-0.05, 0) is 17.7 Å². The Balaban J connectivity index is 2.72. The number of aliphatic hydroxyl groups excluding tert-OH is 2. The summed E-state index contributed by atoms with van der Waals surface area (Å²) >= 11 is 0. The van der Waals surface area contributed by atoms with E-state index < -0.39 is 5.97 Å². The Morgan fingerprint density at radius 3 is 2.06 bits per heavy atom. The van der Waals surface area contributed by atoms with Gasteiger partial charge in [0, 0.05) is 31.2 Å². The van der Waals surface area contributed by atoms with E-state index in [1.54, 1.807) is 24.3 Å². The van der Waals surface area contributed by atoms with Gasteiger partial charge >= 0.3 is 0 Å². The molecule has 5 heteroatoms. The number of carbonyl (C=O) groups excluding carboxylic acids is 1. The van der Waals surface area contributed by atoms with Crippen molar-refractivity contribution in [3.05, 3.63) is 29.8 Å². The molecule has 0 aliphatic rings. The largest absolute Gasteiger partial charge is 0.550 e. The molecule has 0 saturated heterocycles. The molecule has 0 unspecified atom stereocenters. The molecular weight excluding hydrogens is 222 g/mol. The average Bonchev–Trinajstić information content (AvgIpc) is 2.29. The van der Waals surface area contributed by atoms with Crippen molar-refractivity contribution in [3.8, 4) is 0 Å². The van der Waals surface area contributed by atoms with Crippen LogP contribution in [-0.4, -0.2) is 42.5 Å². The molecule has 5 nitrogen and oxygen atoms in total. The zero-order chi connectivity index (χ0) is 12.7. The number of benzene rings is 1. The van der Waals surface area contributed by atoms with E-state index in [4.69, 9.17) is 10.2 Å². The summed E-state index contributed by atoms with van der Waals surface area (Å²) in [7, 11) is 0. The van der Waals surface area contributed by atoms with Gasteiger partial charge in [0.1, 0.15) is 0 Å². The molecule has 0 aliphatic heterocycles. The molecule has 1 aromatic carbocycles. The second-order valence-corrected chi connectivity index (χ2v) is 3.65. The number of hydrogen-bond acceptors (Lipinski definition) is 5. The van der Waals surface area contributed by atoms with Crippen molar-refractivity contribution >= 4 is 11.7 Å². The van der Waals surface area contributed by atoms with Crippen molar-refractivity contribution in [1.29, 1.82) is 0 Å². The molecule has 0 aromatic heterocycles. The number of carbonyl (C=O) groups is 1. The van der Waals surface area contributed by atoms with Crippen LogP contribution in [0.1, 0.15) is 5.56 Å². The highest BCUT2D eigenvalue weighted by molar-refractivity contribution is 5.68. The topological polar surface area (TPSA) is 83.8 Å². The van der Waals surface area contributed by atoms with Crippen LogP contribution >= 0.6 is 0 Å². The van der Waals surface area contributed by atoms with Crippen LogP contribution in [-0.2, 0) is 11.2 Å². The molecule has 1 aromatic rings. The summed E-state index contributed by atoms with van der Waals surface area (Å²) in [6.45, 7) is 0.863. The van der Waals surface area contributed by atoms with Crippen molar-refractivity contribution in [2.75, 3.05) is 31.2 Å². The van der Waals surface area contributed by atoms with Gasteiger partial charge in [-0.15, -0.1) is 0 Å². The highest BCUT2D eigenvalue weighted by atomic mass is 16.4. The smallest absolute Gasteiger partial charge is 0.0606 e. The number of rotatable bonds is 7. The zero-order valence-electron chi connectivity index (χ0n) is 9.50. The first-order valence-electron chi connectivity index (χ1n) is 5.43. The fourth-order valence-corrected chi connectivity index (χ4v) is 1.60. The molecular formula is C12H16NO4-. The molecule has 0 saturated carbocycles. The van der Waals surface area contributed by atoms with Gasteiger partial charge in [-0.1, -0.05) is 12.1 Å². The first-order valence-corrected chi connectivity index (χ1v) is 5.43. The van der Waals surface area contributed by atoms with E-state index in [1.807, 2.05) is 4.90 Å². The van der Waals surface area contributed by atoms with Gasteiger partial charge in [0.2, 0.25) is 0 Å². The first kappa shape index (κ1) is 13.5. The van der Waals surface area contributed by atoms with E-state index in [2.05, 4.69) is 0 Å². The lowest BCUT2D eigenvalue weighted by Gasteiger charge is -2.23. The van der Waals surface area contributed by atoms with Gasteiger partial charge in [-0.25, -0.2) is 0 Å². The standard InChI is InChI=1S/C12H17NO4/c14-7-5-13(6-8-15)11-3-1-10(2-4-11)9-12(16)17/h1-4,14-15H,5-9H2,(H,16,17)/p-1. The van der Waals surface area contributed by atoms with Crippen molar-refractivity contribution in [1.82, 2.24) is 0 Å². The van der Waals surface area contributed by atoms with Gasteiger partial charge in [-0.3, -0.25) is 0 Å². The van der Waals surface area contributed by atoms with E-state index in [0.29, 0.717) is 18.7 Å². The van der Waals surface area contributed by atoms with Crippen LogP contribution in [0.25, 0.3) is 0 Å². The lowest BCUT2D eigenvalue weighted by atomic mass is 10.1. The quantitative estimate of drug-likeness (QED) is 0.621. The summed E-state index contributed by atoms with van der Waals surface area (Å²) in [6, 6.07) is 6.94. The number of carboxylic acid groups (broad SMARTS) is 1. The van der Waals surface area contributed by atoms with Crippen LogP contribution in [0.3, 0.4) is 0 Å². The van der Waals surface area contributed by atoms with Crippen molar-refractivity contribution in [3.63, 3.8) is 0 Å². The van der Waals surface area contributed by atoms with E-state index in [1.165, 1.54) is 0 Å². The fourth-order valence-electron chi connectivity index (χ4n) is 1.60. The van der Waals surface area contributed by atoms with Crippen LogP contribution in [0, 0.1) is 0 Å². The molecule has 94 valence electrons.